The van der Waals surface area contributed by atoms with Gasteiger partial charge >= 0.3 is 6.18 Å². The highest BCUT2D eigenvalue weighted by Gasteiger charge is 2.44. The summed E-state index contributed by atoms with van der Waals surface area (Å²) in [5.41, 5.74) is 3.30. The van der Waals surface area contributed by atoms with E-state index in [4.69, 9.17) is 5.10 Å². The summed E-state index contributed by atoms with van der Waals surface area (Å²) < 4.78 is 63.9. The fraction of sp³-hybridized carbons (Fsp3) is 0.520. The van der Waals surface area contributed by atoms with Crippen LogP contribution in [0.5, 0.6) is 0 Å². The van der Waals surface area contributed by atoms with E-state index in [2.05, 4.69) is 67.8 Å². The second-order valence-electron chi connectivity index (χ2n) is 19.5. The van der Waals surface area contributed by atoms with Crippen molar-refractivity contribution in [3.05, 3.63) is 98.3 Å². The van der Waals surface area contributed by atoms with Crippen molar-refractivity contribution in [1.29, 1.82) is 10.5 Å². The molecule has 18 nitrogen and oxygen atoms in total. The van der Waals surface area contributed by atoms with Crippen molar-refractivity contribution in [3.8, 4) is 12.1 Å². The van der Waals surface area contributed by atoms with Crippen molar-refractivity contribution in [1.82, 2.24) is 48.7 Å². The molecule has 5 aromatic heterocycles. The lowest BCUT2D eigenvalue weighted by Gasteiger charge is -2.50. The second-order valence-corrected chi connectivity index (χ2v) is 19.5. The van der Waals surface area contributed by atoms with E-state index in [0.29, 0.717) is 78.1 Å². The third-order valence-electron chi connectivity index (χ3n) is 15.4. The Bertz CT molecular complexity index is 3210. The molecular weight excluding hydrogens is 935 g/mol. The lowest BCUT2D eigenvalue weighted by molar-refractivity contribution is -0.143. The van der Waals surface area contributed by atoms with Gasteiger partial charge in [0.15, 0.2) is 5.69 Å². The first kappa shape index (κ1) is 50.1. The predicted molar refractivity (Wildman–Crippen MR) is 263 cm³/mol. The number of rotatable bonds is 13. The number of halogens is 4. The Kier molecular flexibility index (Phi) is 13.6. The Morgan fingerprint density at radius 3 is 2.04 bits per heavy atom. The van der Waals surface area contributed by atoms with Crippen molar-refractivity contribution in [3.63, 3.8) is 0 Å². The van der Waals surface area contributed by atoms with Gasteiger partial charge in [-0.05, 0) is 64.3 Å². The molecule has 9 rings (SSSR count). The molecule has 4 unspecified atom stereocenters. The molecule has 0 amide bonds. The number of aromatic nitrogens is 8. The zero-order valence-corrected chi connectivity index (χ0v) is 41.4. The smallest absolute Gasteiger partial charge is 0.389 e. The first-order valence-corrected chi connectivity index (χ1v) is 24.5. The molecule has 1 aromatic carbocycles. The Hall–Kier alpha value is -6.88. The lowest BCUT2D eigenvalue weighted by Crippen LogP contribution is -2.63. The number of β-amino-alcohol motifs (C(OH)–C–C–N with tert-alkyl or cyclic N) is 1. The minimum atomic E-state index is -4.68. The Balaban J connectivity index is 0.995. The van der Waals surface area contributed by atoms with Gasteiger partial charge in [-0.2, -0.15) is 39.0 Å². The van der Waals surface area contributed by atoms with Crippen LogP contribution in [0.3, 0.4) is 0 Å². The highest BCUT2D eigenvalue weighted by molar-refractivity contribution is 5.89. The molecular formula is C50H59F4N15O3. The molecule has 380 valence electrons. The Morgan fingerprint density at radius 2 is 1.39 bits per heavy atom. The molecule has 6 aromatic rings. The van der Waals surface area contributed by atoms with Crippen LogP contribution in [0, 0.1) is 28.5 Å². The number of anilines is 3. The third kappa shape index (κ3) is 8.93. The minimum absolute atomic E-state index is 0.0161. The normalized spacial score (nSPS) is 23.1. The summed E-state index contributed by atoms with van der Waals surface area (Å²) in [4.78, 5) is 38.4. The number of fused-ring (bicyclic) bond motifs is 2. The number of hydrogen-bond acceptors (Lipinski definition) is 14. The molecule has 1 N–H and O–H groups in total. The van der Waals surface area contributed by atoms with Gasteiger partial charge in [0.2, 0.25) is 0 Å². The maximum absolute atomic E-state index is 15.4. The van der Waals surface area contributed by atoms with Gasteiger partial charge in [-0.3, -0.25) is 28.8 Å². The predicted octanol–water partition coefficient (Wildman–Crippen LogP) is 5.59. The van der Waals surface area contributed by atoms with Crippen molar-refractivity contribution >= 4 is 39.1 Å². The van der Waals surface area contributed by atoms with Gasteiger partial charge in [-0.1, -0.05) is 19.9 Å². The minimum Gasteiger partial charge on any atom is -0.389 e. The van der Waals surface area contributed by atoms with E-state index in [1.165, 1.54) is 44.4 Å². The largest absolute Gasteiger partial charge is 0.435 e. The van der Waals surface area contributed by atoms with E-state index in [1.54, 1.807) is 43.1 Å². The lowest BCUT2D eigenvalue weighted by atomic mass is 9.93. The van der Waals surface area contributed by atoms with Crippen LogP contribution in [-0.2, 0) is 32.9 Å². The maximum Gasteiger partial charge on any atom is 0.435 e. The monoisotopic (exact) mass is 993 g/mol. The average molecular weight is 994 g/mol. The number of nitriles is 2. The van der Waals surface area contributed by atoms with Gasteiger partial charge in [0.1, 0.15) is 29.9 Å². The fourth-order valence-electron chi connectivity index (χ4n) is 11.4. The Labute approximate surface area is 413 Å². The number of aliphatic hydroxyl groups is 1. The van der Waals surface area contributed by atoms with Gasteiger partial charge in [-0.25, -0.2) is 4.39 Å². The molecule has 3 aliphatic heterocycles. The highest BCUT2D eigenvalue weighted by atomic mass is 19.4. The molecule has 3 saturated heterocycles. The third-order valence-corrected chi connectivity index (χ3v) is 15.4. The van der Waals surface area contributed by atoms with Crippen molar-refractivity contribution in [2.45, 2.75) is 129 Å². The number of alkyl halides is 3. The molecule has 3 aliphatic rings. The van der Waals surface area contributed by atoms with Gasteiger partial charge in [0.25, 0.3) is 11.1 Å². The van der Waals surface area contributed by atoms with Crippen LogP contribution >= 0.6 is 0 Å². The van der Waals surface area contributed by atoms with Crippen LogP contribution in [0.2, 0.25) is 0 Å². The quantitative estimate of drug-likeness (QED) is 0.141. The average Bonchev–Trinajstić information content (AvgIpc) is 3.98. The number of benzene rings is 1. The number of nitrogens with zero attached hydrogens (tertiary/aromatic N) is 15. The number of aliphatic hydroxyl groups excluding tert-OH is 1. The first-order chi connectivity index (χ1) is 34.4. The van der Waals surface area contributed by atoms with E-state index in [9.17, 15) is 38.4 Å². The van der Waals surface area contributed by atoms with Crippen molar-refractivity contribution in [2.24, 2.45) is 7.05 Å². The summed E-state index contributed by atoms with van der Waals surface area (Å²) in [6.07, 6.45) is 0.278. The summed E-state index contributed by atoms with van der Waals surface area (Å²) in [5, 5.41) is 47.1. The molecule has 72 heavy (non-hydrogen) atoms. The summed E-state index contributed by atoms with van der Waals surface area (Å²) in [5.74, 6) is -0.455. The number of aryl methyl sites for hydroxylation is 1. The number of piperazine rings is 2. The summed E-state index contributed by atoms with van der Waals surface area (Å²) in [6.45, 7) is 14.0. The van der Waals surface area contributed by atoms with Crippen molar-refractivity contribution in [2.75, 3.05) is 47.4 Å². The summed E-state index contributed by atoms with van der Waals surface area (Å²) in [6, 6.07) is 11.3. The highest BCUT2D eigenvalue weighted by Crippen LogP contribution is 2.41. The molecule has 0 aliphatic carbocycles. The van der Waals surface area contributed by atoms with Crippen LogP contribution in [0.15, 0.2) is 64.6 Å². The van der Waals surface area contributed by atoms with Gasteiger partial charge in [-0.15, -0.1) is 5.10 Å². The topological polar surface area (TPSA) is 189 Å². The van der Waals surface area contributed by atoms with Gasteiger partial charge < -0.3 is 28.9 Å². The van der Waals surface area contributed by atoms with Gasteiger partial charge in [0.05, 0.1) is 59.1 Å². The zero-order valence-electron chi connectivity index (χ0n) is 41.4. The van der Waals surface area contributed by atoms with E-state index in [-0.39, 0.29) is 73.1 Å². The summed E-state index contributed by atoms with van der Waals surface area (Å²) in [7, 11) is 1.68. The molecule has 3 fully saturated rings. The van der Waals surface area contributed by atoms with Crippen LogP contribution in [0.25, 0.3) is 22.1 Å². The van der Waals surface area contributed by atoms with Crippen molar-refractivity contribution < 1.29 is 22.7 Å². The number of pyridine rings is 2. The van der Waals surface area contributed by atoms with E-state index in [0.717, 1.165) is 5.56 Å². The van der Waals surface area contributed by atoms with E-state index in [1.807, 2.05) is 18.7 Å². The SMILES string of the molecule is CC[C@H]1CN(C(C)c2ccnnc2C(F)(F)F)[C@H](CC)CN1c1cc(=O)n(CC2C(O)CN2c2cc(F)ccc2C(C)N2C[C@H](C)N(c3cc(=O)n(C)c4cn(CC#N)nc34)C[C@H]2C)c2cn(CC#N)nc12. The molecule has 22 heteroatoms. The molecule has 0 spiro atoms. The molecule has 8 heterocycles. The van der Waals surface area contributed by atoms with E-state index < -0.39 is 35.9 Å². The fourth-order valence-corrected chi connectivity index (χ4v) is 11.4. The van der Waals surface area contributed by atoms with E-state index >= 15 is 4.39 Å². The zero-order chi connectivity index (χ0) is 51.5. The van der Waals surface area contributed by atoms with Crippen LogP contribution in [0.1, 0.15) is 83.3 Å². The molecule has 0 saturated carbocycles. The second kappa shape index (κ2) is 19.6. The van der Waals surface area contributed by atoms with Gasteiger partial charge in [0, 0.05) is 112 Å². The van der Waals surface area contributed by atoms with Crippen LogP contribution in [0.4, 0.5) is 34.6 Å². The molecule has 0 radical (unpaired) electrons. The van der Waals surface area contributed by atoms with Crippen LogP contribution < -0.4 is 25.8 Å². The molecule has 8 atom stereocenters. The van der Waals surface area contributed by atoms with Crippen LogP contribution in [-0.4, -0.2) is 123 Å². The standard InChI is InChI=1S/C50H59F4N15O3/c1-8-34-24-67(35(9-2)23-66(34)32(6)37-12-15-57-58-49(37)50(52,53)54)40-20-46(72)69(43-26-63(17-14-56)60-48(40)43)27-41-44(70)28-68(41)38-18-33(51)10-11-36(38)31(5)64-21-30(4)65(22-29(64)3)39-19-45(71)61(7)42-25-62(16-13-55)59-47(39)42/h10-12,15,18-20,25-26,29-32,34-35,41,44,70H,8-9,16-17,21-24,27-28H2,1-7H3/t29-,30+,31?,32?,34-,35+,41?,44?/m1/s1. The number of hydrogen-bond donors (Lipinski definition) is 1. The maximum atomic E-state index is 15.4. The Morgan fingerprint density at radius 1 is 0.750 bits per heavy atom. The molecule has 0 bridgehead atoms. The first-order valence-electron chi connectivity index (χ1n) is 24.5. The summed E-state index contributed by atoms with van der Waals surface area (Å²) >= 11 is 0.